The van der Waals surface area contributed by atoms with Crippen LogP contribution in [0.1, 0.15) is 11.1 Å². The summed E-state index contributed by atoms with van der Waals surface area (Å²) in [5.41, 5.74) is 2.17. The van der Waals surface area contributed by atoms with Crippen LogP contribution in [0.15, 0.2) is 18.2 Å². The van der Waals surface area contributed by atoms with Crippen molar-refractivity contribution in [3.05, 3.63) is 29.3 Å². The minimum Gasteiger partial charge on any atom is -0.483 e. The highest BCUT2D eigenvalue weighted by atomic mass is 16.5. The van der Waals surface area contributed by atoms with E-state index >= 15 is 0 Å². The first kappa shape index (κ1) is 13.4. The van der Waals surface area contributed by atoms with Gasteiger partial charge in [-0.2, -0.15) is 0 Å². The lowest BCUT2D eigenvalue weighted by atomic mass is 10.0. The molecule has 0 aromatic heterocycles. The minimum atomic E-state index is 0.113. The number of aryl methyl sites for hydroxylation is 2. The Morgan fingerprint density at radius 2 is 1.85 bits per heavy atom. The third-order valence-corrected chi connectivity index (χ3v) is 4.49. The number of nitrogens with zero attached hydrogens (tertiary/aromatic N) is 1. The number of benzene rings is 1. The third-order valence-electron chi connectivity index (χ3n) is 4.49. The summed E-state index contributed by atoms with van der Waals surface area (Å²) in [5.74, 6) is 2.24. The highest BCUT2D eigenvalue weighted by Crippen LogP contribution is 2.27. The highest BCUT2D eigenvalue weighted by Gasteiger charge is 2.38. The van der Waals surface area contributed by atoms with Crippen LogP contribution < -0.4 is 10.1 Å². The summed E-state index contributed by atoms with van der Waals surface area (Å²) in [7, 11) is 0. The number of rotatable bonds is 3. The Morgan fingerprint density at radius 1 is 1.25 bits per heavy atom. The summed E-state index contributed by atoms with van der Waals surface area (Å²) in [5, 5.41) is 3.39. The van der Waals surface area contributed by atoms with Gasteiger partial charge < -0.3 is 15.0 Å². The number of fused-ring (bicyclic) bond motifs is 1. The van der Waals surface area contributed by atoms with Crippen LogP contribution in [-0.2, 0) is 4.79 Å². The van der Waals surface area contributed by atoms with Gasteiger partial charge in [-0.25, -0.2) is 0 Å². The van der Waals surface area contributed by atoms with Gasteiger partial charge in [-0.05, 0) is 36.8 Å². The van der Waals surface area contributed by atoms with Gasteiger partial charge in [0, 0.05) is 26.2 Å². The molecule has 1 N–H and O–H groups in total. The second-order valence-corrected chi connectivity index (χ2v) is 5.99. The normalized spacial score (nSPS) is 24.8. The Kier molecular flexibility index (Phi) is 3.66. The summed E-state index contributed by atoms with van der Waals surface area (Å²) >= 11 is 0. The van der Waals surface area contributed by atoms with E-state index in [1.807, 2.05) is 36.9 Å². The van der Waals surface area contributed by atoms with Crippen LogP contribution in [0.3, 0.4) is 0 Å². The van der Waals surface area contributed by atoms with Crippen LogP contribution in [0.5, 0.6) is 5.75 Å². The summed E-state index contributed by atoms with van der Waals surface area (Å²) in [6.07, 6.45) is 0. The Balaban J connectivity index is 1.57. The first-order valence-electron chi connectivity index (χ1n) is 7.32. The molecule has 4 heteroatoms. The predicted molar refractivity (Wildman–Crippen MR) is 77.8 cm³/mol. The smallest absolute Gasteiger partial charge is 0.260 e. The summed E-state index contributed by atoms with van der Waals surface area (Å²) in [6.45, 7) is 8.04. The molecule has 0 bridgehead atoms. The topological polar surface area (TPSA) is 41.6 Å². The molecule has 2 aliphatic heterocycles. The van der Waals surface area contributed by atoms with Gasteiger partial charge in [0.05, 0.1) is 0 Å². The van der Waals surface area contributed by atoms with Gasteiger partial charge in [-0.15, -0.1) is 0 Å². The van der Waals surface area contributed by atoms with E-state index < -0.39 is 0 Å². The molecule has 0 saturated carbocycles. The fraction of sp³-hybridized carbons (Fsp3) is 0.562. The Bertz CT molecular complexity index is 483. The van der Waals surface area contributed by atoms with Crippen LogP contribution in [0.25, 0.3) is 0 Å². The van der Waals surface area contributed by atoms with Crippen molar-refractivity contribution in [2.45, 2.75) is 13.8 Å². The molecule has 2 saturated heterocycles. The minimum absolute atomic E-state index is 0.113. The Labute approximate surface area is 120 Å². The van der Waals surface area contributed by atoms with Crippen LogP contribution in [0.4, 0.5) is 0 Å². The van der Waals surface area contributed by atoms with E-state index in [0.717, 1.165) is 43.1 Å². The lowest BCUT2D eigenvalue weighted by molar-refractivity contribution is -0.132. The van der Waals surface area contributed by atoms with Crippen LogP contribution >= 0.6 is 0 Å². The largest absolute Gasteiger partial charge is 0.483 e. The number of para-hydroxylation sites is 1. The maximum Gasteiger partial charge on any atom is 0.260 e. The van der Waals surface area contributed by atoms with Gasteiger partial charge in [-0.1, -0.05) is 18.2 Å². The fourth-order valence-electron chi connectivity index (χ4n) is 3.31. The van der Waals surface area contributed by atoms with E-state index in [2.05, 4.69) is 5.32 Å². The van der Waals surface area contributed by atoms with Gasteiger partial charge in [0.25, 0.3) is 5.91 Å². The number of carbonyl (C=O) groups excluding carboxylic acids is 1. The van der Waals surface area contributed by atoms with Crippen LogP contribution in [0.2, 0.25) is 0 Å². The number of hydrogen-bond donors (Lipinski definition) is 1. The highest BCUT2D eigenvalue weighted by molar-refractivity contribution is 5.78. The van der Waals surface area contributed by atoms with Crippen molar-refractivity contribution in [1.29, 1.82) is 0 Å². The first-order chi connectivity index (χ1) is 9.65. The van der Waals surface area contributed by atoms with Crippen LogP contribution in [-0.4, -0.2) is 43.6 Å². The molecule has 0 radical (unpaired) electrons. The molecule has 1 amide bonds. The Morgan fingerprint density at radius 3 is 2.45 bits per heavy atom. The van der Waals surface area contributed by atoms with E-state index in [1.54, 1.807) is 0 Å². The number of nitrogens with one attached hydrogen (secondary N) is 1. The number of ether oxygens (including phenoxy) is 1. The maximum absolute atomic E-state index is 12.3. The molecule has 0 spiro atoms. The van der Waals surface area contributed by atoms with Crippen LogP contribution in [0, 0.1) is 25.7 Å². The van der Waals surface area contributed by atoms with E-state index in [9.17, 15) is 4.79 Å². The monoisotopic (exact) mass is 274 g/mol. The number of hydrogen-bond acceptors (Lipinski definition) is 3. The second-order valence-electron chi connectivity index (χ2n) is 5.99. The standard InChI is InChI=1S/C16H22N2O2/c1-11-4-3-5-12(2)16(11)20-10-15(19)18-8-13-6-17-7-14(13)9-18/h3-5,13-14,17H,6-10H2,1-2H3/t13-,14+. The summed E-state index contributed by atoms with van der Waals surface area (Å²) in [6, 6.07) is 6.03. The predicted octanol–water partition coefficient (Wildman–Crippen LogP) is 1.36. The first-order valence-corrected chi connectivity index (χ1v) is 7.32. The van der Waals surface area contributed by atoms with Crippen molar-refractivity contribution in [2.24, 2.45) is 11.8 Å². The molecule has 2 atom stereocenters. The molecule has 4 nitrogen and oxygen atoms in total. The molecule has 2 heterocycles. The molecular weight excluding hydrogens is 252 g/mol. The molecule has 1 aromatic rings. The molecule has 108 valence electrons. The van der Waals surface area contributed by atoms with Crippen molar-refractivity contribution >= 4 is 5.91 Å². The molecule has 0 unspecified atom stereocenters. The third kappa shape index (κ3) is 2.52. The molecule has 20 heavy (non-hydrogen) atoms. The maximum atomic E-state index is 12.3. The van der Waals surface area contributed by atoms with E-state index in [1.165, 1.54) is 0 Å². The molecule has 2 aliphatic rings. The van der Waals surface area contributed by atoms with E-state index in [4.69, 9.17) is 4.74 Å². The molecule has 2 fully saturated rings. The van der Waals surface area contributed by atoms with E-state index in [0.29, 0.717) is 11.8 Å². The second kappa shape index (κ2) is 5.44. The quantitative estimate of drug-likeness (QED) is 0.905. The Hall–Kier alpha value is -1.55. The van der Waals surface area contributed by atoms with Gasteiger partial charge in [0.1, 0.15) is 5.75 Å². The lowest BCUT2D eigenvalue weighted by Crippen LogP contribution is -2.35. The average Bonchev–Trinajstić information content (AvgIpc) is 2.98. The summed E-state index contributed by atoms with van der Waals surface area (Å²) < 4.78 is 5.76. The zero-order valence-electron chi connectivity index (χ0n) is 12.2. The number of carbonyl (C=O) groups is 1. The number of likely N-dealkylation sites (tertiary alicyclic amines) is 1. The molecule has 0 aliphatic carbocycles. The number of amides is 1. The van der Waals surface area contributed by atoms with Crippen molar-refractivity contribution < 1.29 is 9.53 Å². The zero-order valence-corrected chi connectivity index (χ0v) is 12.2. The van der Waals surface area contributed by atoms with Gasteiger partial charge in [-0.3, -0.25) is 4.79 Å². The van der Waals surface area contributed by atoms with Gasteiger partial charge >= 0.3 is 0 Å². The SMILES string of the molecule is Cc1cccc(C)c1OCC(=O)N1C[C@H]2CNC[C@H]2C1. The average molecular weight is 274 g/mol. The van der Waals surface area contributed by atoms with Crippen molar-refractivity contribution in [3.63, 3.8) is 0 Å². The zero-order chi connectivity index (χ0) is 14.1. The van der Waals surface area contributed by atoms with Gasteiger partial charge in [0.15, 0.2) is 6.61 Å². The molecule has 3 rings (SSSR count). The van der Waals surface area contributed by atoms with Crippen molar-refractivity contribution in [2.75, 3.05) is 32.8 Å². The van der Waals surface area contributed by atoms with Crippen molar-refractivity contribution in [1.82, 2.24) is 10.2 Å². The lowest BCUT2D eigenvalue weighted by Gasteiger charge is -2.19. The fourth-order valence-corrected chi connectivity index (χ4v) is 3.31. The van der Waals surface area contributed by atoms with Gasteiger partial charge in [0.2, 0.25) is 0 Å². The molecule has 1 aromatic carbocycles. The van der Waals surface area contributed by atoms with E-state index in [-0.39, 0.29) is 12.5 Å². The summed E-state index contributed by atoms with van der Waals surface area (Å²) in [4.78, 5) is 14.2. The molecular formula is C16H22N2O2. The van der Waals surface area contributed by atoms with Crippen molar-refractivity contribution in [3.8, 4) is 5.75 Å².